The molecule has 0 amide bonds. The summed E-state index contributed by atoms with van der Waals surface area (Å²) in [6, 6.07) is 1.43. The van der Waals surface area contributed by atoms with Gasteiger partial charge in [-0.2, -0.15) is 5.10 Å². The number of rotatable bonds is 3. The molecule has 0 radical (unpaired) electrons. The van der Waals surface area contributed by atoms with E-state index in [2.05, 4.69) is 5.10 Å². The van der Waals surface area contributed by atoms with Gasteiger partial charge in [0.15, 0.2) is 0 Å². The number of hydrogen-bond acceptors (Lipinski definition) is 3. The van der Waals surface area contributed by atoms with Crippen LogP contribution in [0.25, 0.3) is 0 Å². The van der Waals surface area contributed by atoms with Gasteiger partial charge in [-0.1, -0.05) is 6.92 Å². The summed E-state index contributed by atoms with van der Waals surface area (Å²) in [7, 11) is 0. The Balaban J connectivity index is 3.11. The second-order valence-corrected chi connectivity index (χ2v) is 2.96. The largest absolute Gasteiger partial charge is 0.477 e. The minimum atomic E-state index is -0.996. The molecule has 72 valence electrons. The van der Waals surface area contributed by atoms with Crippen molar-refractivity contribution in [1.82, 2.24) is 9.78 Å². The molecule has 1 atom stereocenters. The molecule has 0 saturated heterocycles. The van der Waals surface area contributed by atoms with Gasteiger partial charge in [0.2, 0.25) is 0 Å². The summed E-state index contributed by atoms with van der Waals surface area (Å²) in [5.41, 5.74) is 5.56. The first-order valence-corrected chi connectivity index (χ1v) is 4.14. The summed E-state index contributed by atoms with van der Waals surface area (Å²) in [6.07, 6.45) is 0.821. The van der Waals surface area contributed by atoms with E-state index in [0.717, 1.165) is 6.42 Å². The van der Waals surface area contributed by atoms with Crippen molar-refractivity contribution in [1.29, 1.82) is 0 Å². The number of carboxylic acid groups (broad SMARTS) is 1. The summed E-state index contributed by atoms with van der Waals surface area (Å²) in [6.45, 7) is 3.87. The van der Waals surface area contributed by atoms with Crippen LogP contribution in [0.5, 0.6) is 0 Å². The summed E-state index contributed by atoms with van der Waals surface area (Å²) in [5.74, 6) is -0.748. The fourth-order valence-corrected chi connectivity index (χ4v) is 1.08. The van der Waals surface area contributed by atoms with E-state index in [9.17, 15) is 4.79 Å². The Morgan fingerprint density at radius 2 is 2.46 bits per heavy atom. The van der Waals surface area contributed by atoms with Gasteiger partial charge in [0.1, 0.15) is 11.5 Å². The van der Waals surface area contributed by atoms with E-state index in [1.54, 1.807) is 0 Å². The van der Waals surface area contributed by atoms with Gasteiger partial charge in [0, 0.05) is 12.1 Å². The van der Waals surface area contributed by atoms with Gasteiger partial charge in [-0.25, -0.2) is 4.79 Å². The normalized spacial score (nSPS) is 12.8. The van der Waals surface area contributed by atoms with Crippen LogP contribution in [0.4, 0.5) is 5.82 Å². The predicted molar refractivity (Wildman–Crippen MR) is 48.6 cm³/mol. The maximum absolute atomic E-state index is 10.7. The molecular formula is C8H13N3O2. The third kappa shape index (κ3) is 1.80. The highest BCUT2D eigenvalue weighted by molar-refractivity contribution is 5.86. The molecule has 0 bridgehead atoms. The van der Waals surface area contributed by atoms with E-state index in [-0.39, 0.29) is 17.6 Å². The van der Waals surface area contributed by atoms with Crippen LogP contribution < -0.4 is 5.73 Å². The Kier molecular flexibility index (Phi) is 2.55. The predicted octanol–water partition coefficient (Wildman–Crippen LogP) is 1.13. The molecule has 0 unspecified atom stereocenters. The quantitative estimate of drug-likeness (QED) is 0.736. The van der Waals surface area contributed by atoms with E-state index >= 15 is 0 Å². The first-order chi connectivity index (χ1) is 6.06. The summed E-state index contributed by atoms with van der Waals surface area (Å²) in [4.78, 5) is 10.7. The Labute approximate surface area is 76.2 Å². The molecule has 0 fully saturated rings. The van der Waals surface area contributed by atoms with Crippen molar-refractivity contribution in [3.8, 4) is 0 Å². The Hall–Kier alpha value is -1.52. The molecular weight excluding hydrogens is 170 g/mol. The highest BCUT2D eigenvalue weighted by Crippen LogP contribution is 2.15. The summed E-state index contributed by atoms with van der Waals surface area (Å²) in [5, 5.41) is 12.7. The van der Waals surface area contributed by atoms with Crippen LogP contribution in [0.3, 0.4) is 0 Å². The van der Waals surface area contributed by atoms with E-state index in [1.165, 1.54) is 10.7 Å². The molecule has 13 heavy (non-hydrogen) atoms. The van der Waals surface area contributed by atoms with Crippen LogP contribution in [0, 0.1) is 0 Å². The van der Waals surface area contributed by atoms with E-state index in [0.29, 0.717) is 0 Å². The van der Waals surface area contributed by atoms with Gasteiger partial charge in [-0.15, -0.1) is 0 Å². The second-order valence-electron chi connectivity index (χ2n) is 2.96. The van der Waals surface area contributed by atoms with Crippen molar-refractivity contribution in [2.24, 2.45) is 0 Å². The van der Waals surface area contributed by atoms with Crippen LogP contribution in [0.2, 0.25) is 0 Å². The fraction of sp³-hybridized carbons (Fsp3) is 0.500. The zero-order chi connectivity index (χ0) is 10.0. The van der Waals surface area contributed by atoms with Crippen LogP contribution >= 0.6 is 0 Å². The number of nitrogens with two attached hydrogens (primary N) is 1. The number of hydrogen-bond donors (Lipinski definition) is 2. The first-order valence-electron chi connectivity index (χ1n) is 4.14. The lowest BCUT2D eigenvalue weighted by atomic mass is 10.2. The zero-order valence-electron chi connectivity index (χ0n) is 7.69. The van der Waals surface area contributed by atoms with E-state index in [4.69, 9.17) is 10.8 Å². The molecule has 5 heteroatoms. The molecule has 1 aromatic rings. The van der Waals surface area contributed by atoms with Crippen LogP contribution in [-0.4, -0.2) is 20.9 Å². The Bertz CT molecular complexity index is 319. The Morgan fingerprint density at radius 1 is 1.85 bits per heavy atom. The second kappa shape index (κ2) is 3.47. The lowest BCUT2D eigenvalue weighted by Crippen LogP contribution is -2.13. The Morgan fingerprint density at radius 3 is 2.92 bits per heavy atom. The van der Waals surface area contributed by atoms with Gasteiger partial charge >= 0.3 is 5.97 Å². The van der Waals surface area contributed by atoms with Gasteiger partial charge in [-0.3, -0.25) is 4.68 Å². The van der Waals surface area contributed by atoms with Gasteiger partial charge < -0.3 is 10.8 Å². The van der Waals surface area contributed by atoms with Crippen molar-refractivity contribution in [2.75, 3.05) is 5.73 Å². The van der Waals surface area contributed by atoms with Crippen molar-refractivity contribution in [3.63, 3.8) is 0 Å². The molecule has 5 nitrogen and oxygen atoms in total. The average molecular weight is 183 g/mol. The average Bonchev–Trinajstić information content (AvgIpc) is 2.46. The zero-order valence-corrected chi connectivity index (χ0v) is 7.69. The number of aromatic nitrogens is 2. The van der Waals surface area contributed by atoms with Gasteiger partial charge in [0.25, 0.3) is 0 Å². The standard InChI is InChI=1S/C8H13N3O2/c1-3-5(2)11-6(8(12)13)4-7(9)10-11/h4-5H,3H2,1-2H3,(H2,9,10)(H,12,13)/t5-/m1/s1. The summed E-state index contributed by atoms with van der Waals surface area (Å²) < 4.78 is 1.44. The minimum Gasteiger partial charge on any atom is -0.477 e. The van der Waals surface area contributed by atoms with Gasteiger partial charge in [0.05, 0.1) is 0 Å². The SMILES string of the molecule is CC[C@@H](C)n1nc(N)cc1C(=O)O. The number of nitrogens with zero attached hydrogens (tertiary/aromatic N) is 2. The number of anilines is 1. The van der Waals surface area contributed by atoms with Crippen LogP contribution in [-0.2, 0) is 0 Å². The number of carboxylic acids is 1. The minimum absolute atomic E-state index is 0.0587. The molecule has 1 rings (SSSR count). The molecule has 0 spiro atoms. The number of aromatic carboxylic acids is 1. The van der Waals surface area contributed by atoms with Crippen LogP contribution in [0.1, 0.15) is 36.8 Å². The van der Waals surface area contributed by atoms with Gasteiger partial charge in [-0.05, 0) is 13.3 Å². The highest BCUT2D eigenvalue weighted by atomic mass is 16.4. The highest BCUT2D eigenvalue weighted by Gasteiger charge is 2.15. The smallest absolute Gasteiger partial charge is 0.354 e. The maximum Gasteiger partial charge on any atom is 0.354 e. The number of nitrogen functional groups attached to an aromatic ring is 1. The lowest BCUT2D eigenvalue weighted by molar-refractivity contribution is 0.0680. The van der Waals surface area contributed by atoms with E-state index in [1.807, 2.05) is 13.8 Å². The van der Waals surface area contributed by atoms with Crippen molar-refractivity contribution in [3.05, 3.63) is 11.8 Å². The molecule has 0 saturated carbocycles. The molecule has 0 aliphatic carbocycles. The molecule has 3 N–H and O–H groups in total. The summed E-state index contributed by atoms with van der Waals surface area (Å²) >= 11 is 0. The van der Waals surface area contributed by atoms with Crippen molar-refractivity contribution < 1.29 is 9.90 Å². The molecule has 0 aliphatic heterocycles. The third-order valence-corrected chi connectivity index (χ3v) is 1.98. The third-order valence-electron chi connectivity index (χ3n) is 1.98. The maximum atomic E-state index is 10.7. The topological polar surface area (TPSA) is 81.1 Å². The van der Waals surface area contributed by atoms with E-state index < -0.39 is 5.97 Å². The van der Waals surface area contributed by atoms with Crippen LogP contribution in [0.15, 0.2) is 6.07 Å². The monoisotopic (exact) mass is 183 g/mol. The molecule has 1 heterocycles. The lowest BCUT2D eigenvalue weighted by Gasteiger charge is -2.10. The molecule has 0 aliphatic rings. The molecule has 1 aromatic heterocycles. The first kappa shape index (κ1) is 9.57. The number of carbonyl (C=O) groups is 1. The molecule has 0 aromatic carbocycles. The van der Waals surface area contributed by atoms with Crippen molar-refractivity contribution >= 4 is 11.8 Å². The van der Waals surface area contributed by atoms with Crippen molar-refractivity contribution in [2.45, 2.75) is 26.3 Å². The fourth-order valence-electron chi connectivity index (χ4n) is 1.08.